The van der Waals surface area contributed by atoms with Gasteiger partial charge in [0.2, 0.25) is 0 Å². The van der Waals surface area contributed by atoms with Crippen LogP contribution in [0.2, 0.25) is 0 Å². The SMILES string of the molecule is CC1CN(c2cc(Br)ccc2C(=N)N)CCO1. The molecule has 1 aromatic carbocycles. The van der Waals surface area contributed by atoms with Crippen LogP contribution in [0.1, 0.15) is 12.5 Å². The van der Waals surface area contributed by atoms with E-state index in [1.807, 2.05) is 18.2 Å². The molecule has 1 saturated heterocycles. The zero-order chi connectivity index (χ0) is 12.4. The van der Waals surface area contributed by atoms with E-state index >= 15 is 0 Å². The van der Waals surface area contributed by atoms with Crippen molar-refractivity contribution >= 4 is 27.5 Å². The van der Waals surface area contributed by atoms with E-state index in [9.17, 15) is 0 Å². The standard InChI is InChI=1S/C12H16BrN3O/c1-8-7-16(4-5-17-8)11-6-9(13)2-3-10(11)12(14)15/h2-3,6,8H,4-5,7H2,1H3,(H3,14,15). The van der Waals surface area contributed by atoms with Gasteiger partial charge in [-0.25, -0.2) is 0 Å². The van der Waals surface area contributed by atoms with Crippen molar-refractivity contribution < 1.29 is 4.74 Å². The van der Waals surface area contributed by atoms with Gasteiger partial charge in [0, 0.05) is 28.8 Å². The molecule has 1 atom stereocenters. The van der Waals surface area contributed by atoms with E-state index in [1.54, 1.807) is 0 Å². The Hall–Kier alpha value is -1.07. The Morgan fingerprint density at radius 3 is 3.00 bits per heavy atom. The van der Waals surface area contributed by atoms with Crippen molar-refractivity contribution in [3.05, 3.63) is 28.2 Å². The number of nitrogens with two attached hydrogens (primary N) is 1. The number of hydrogen-bond donors (Lipinski definition) is 2. The van der Waals surface area contributed by atoms with E-state index in [0.29, 0.717) is 6.61 Å². The van der Waals surface area contributed by atoms with Crippen LogP contribution in [0.5, 0.6) is 0 Å². The number of nitrogen functional groups attached to an aromatic ring is 1. The first-order chi connectivity index (χ1) is 8.08. The van der Waals surface area contributed by atoms with Crippen molar-refractivity contribution in [1.29, 1.82) is 5.41 Å². The molecule has 0 bridgehead atoms. The summed E-state index contributed by atoms with van der Waals surface area (Å²) in [6, 6.07) is 5.79. The van der Waals surface area contributed by atoms with Crippen LogP contribution in [0.25, 0.3) is 0 Å². The molecule has 0 saturated carbocycles. The lowest BCUT2D eigenvalue weighted by Gasteiger charge is -2.34. The van der Waals surface area contributed by atoms with Crippen molar-refractivity contribution in [1.82, 2.24) is 0 Å². The van der Waals surface area contributed by atoms with Crippen LogP contribution in [-0.4, -0.2) is 31.6 Å². The summed E-state index contributed by atoms with van der Waals surface area (Å²) in [4.78, 5) is 2.22. The molecule has 17 heavy (non-hydrogen) atoms. The smallest absolute Gasteiger partial charge is 0.124 e. The molecule has 4 nitrogen and oxygen atoms in total. The summed E-state index contributed by atoms with van der Waals surface area (Å²) in [5.41, 5.74) is 7.40. The fraction of sp³-hybridized carbons (Fsp3) is 0.417. The lowest BCUT2D eigenvalue weighted by atomic mass is 10.1. The molecule has 0 aromatic heterocycles. The number of morpholine rings is 1. The number of halogens is 1. The molecule has 92 valence electrons. The van der Waals surface area contributed by atoms with E-state index in [1.165, 1.54) is 0 Å². The summed E-state index contributed by atoms with van der Waals surface area (Å²) in [6.07, 6.45) is 0.211. The Balaban J connectivity index is 2.35. The minimum atomic E-state index is 0.103. The summed E-state index contributed by atoms with van der Waals surface area (Å²) < 4.78 is 6.52. The molecule has 3 N–H and O–H groups in total. The summed E-state index contributed by atoms with van der Waals surface area (Å²) in [6.45, 7) is 4.43. The molecule has 5 heteroatoms. The Bertz CT molecular complexity index is 436. The fourth-order valence-corrected chi connectivity index (χ4v) is 2.38. The second-order valence-electron chi connectivity index (χ2n) is 4.20. The van der Waals surface area contributed by atoms with E-state index < -0.39 is 0 Å². The first kappa shape index (κ1) is 12.4. The number of ether oxygens (including phenoxy) is 1. The molecule has 0 aliphatic carbocycles. The lowest BCUT2D eigenvalue weighted by molar-refractivity contribution is 0.0532. The highest BCUT2D eigenvalue weighted by Gasteiger charge is 2.20. The minimum Gasteiger partial charge on any atom is -0.384 e. The van der Waals surface area contributed by atoms with Gasteiger partial charge >= 0.3 is 0 Å². The van der Waals surface area contributed by atoms with Gasteiger partial charge < -0.3 is 15.4 Å². The van der Waals surface area contributed by atoms with Crippen LogP contribution in [0.15, 0.2) is 22.7 Å². The van der Waals surface area contributed by atoms with Gasteiger partial charge in [-0.1, -0.05) is 15.9 Å². The second kappa shape index (κ2) is 5.06. The zero-order valence-electron chi connectivity index (χ0n) is 9.74. The van der Waals surface area contributed by atoms with Crippen LogP contribution in [-0.2, 0) is 4.74 Å². The average Bonchev–Trinajstić information content (AvgIpc) is 2.28. The summed E-state index contributed by atoms with van der Waals surface area (Å²) >= 11 is 3.46. The van der Waals surface area contributed by atoms with Crippen molar-refractivity contribution in [2.75, 3.05) is 24.6 Å². The van der Waals surface area contributed by atoms with E-state index in [-0.39, 0.29) is 11.9 Å². The van der Waals surface area contributed by atoms with Gasteiger partial charge in [-0.3, -0.25) is 5.41 Å². The fourth-order valence-electron chi connectivity index (χ4n) is 2.03. The van der Waals surface area contributed by atoms with Crippen LogP contribution < -0.4 is 10.6 Å². The molecule has 1 unspecified atom stereocenters. The maximum atomic E-state index is 7.62. The summed E-state index contributed by atoms with van der Waals surface area (Å²) in [5.74, 6) is 0.103. The Morgan fingerprint density at radius 2 is 2.35 bits per heavy atom. The van der Waals surface area contributed by atoms with Gasteiger partial charge in [0.15, 0.2) is 0 Å². The zero-order valence-corrected chi connectivity index (χ0v) is 11.3. The highest BCUT2D eigenvalue weighted by Crippen LogP contribution is 2.26. The van der Waals surface area contributed by atoms with Crippen LogP contribution in [0.4, 0.5) is 5.69 Å². The molecule has 2 rings (SSSR count). The van der Waals surface area contributed by atoms with Crippen LogP contribution in [0.3, 0.4) is 0 Å². The van der Waals surface area contributed by atoms with Gasteiger partial charge in [0.1, 0.15) is 5.84 Å². The second-order valence-corrected chi connectivity index (χ2v) is 5.12. The highest BCUT2D eigenvalue weighted by molar-refractivity contribution is 9.10. The molecule has 1 fully saturated rings. The topological polar surface area (TPSA) is 62.3 Å². The van der Waals surface area contributed by atoms with E-state index in [0.717, 1.165) is 28.8 Å². The van der Waals surface area contributed by atoms with Crippen molar-refractivity contribution in [3.8, 4) is 0 Å². The Morgan fingerprint density at radius 1 is 1.59 bits per heavy atom. The van der Waals surface area contributed by atoms with Crippen molar-refractivity contribution in [2.45, 2.75) is 13.0 Å². The predicted octanol–water partition coefficient (Wildman–Crippen LogP) is 1.96. The number of nitrogens with zero attached hydrogens (tertiary/aromatic N) is 1. The van der Waals surface area contributed by atoms with Gasteiger partial charge in [-0.15, -0.1) is 0 Å². The minimum absolute atomic E-state index is 0.103. The first-order valence-corrected chi connectivity index (χ1v) is 6.37. The summed E-state index contributed by atoms with van der Waals surface area (Å²) in [7, 11) is 0. The van der Waals surface area contributed by atoms with E-state index in [2.05, 4.69) is 27.8 Å². The average molecular weight is 298 g/mol. The quantitative estimate of drug-likeness (QED) is 0.648. The van der Waals surface area contributed by atoms with Crippen LogP contribution >= 0.6 is 15.9 Å². The first-order valence-electron chi connectivity index (χ1n) is 5.58. The largest absolute Gasteiger partial charge is 0.384 e. The third-order valence-corrected chi connectivity index (χ3v) is 3.32. The molecule has 1 aromatic rings. The maximum absolute atomic E-state index is 7.62. The van der Waals surface area contributed by atoms with Gasteiger partial charge in [-0.05, 0) is 25.1 Å². The van der Waals surface area contributed by atoms with E-state index in [4.69, 9.17) is 15.9 Å². The molecule has 1 heterocycles. The van der Waals surface area contributed by atoms with Gasteiger partial charge in [-0.2, -0.15) is 0 Å². The molecule has 1 aliphatic rings. The van der Waals surface area contributed by atoms with Crippen LogP contribution in [0, 0.1) is 5.41 Å². The third kappa shape index (κ3) is 2.79. The predicted molar refractivity (Wildman–Crippen MR) is 72.8 cm³/mol. The lowest BCUT2D eigenvalue weighted by Crippen LogP contribution is -2.42. The van der Waals surface area contributed by atoms with Gasteiger partial charge in [0.25, 0.3) is 0 Å². The number of anilines is 1. The molecule has 1 aliphatic heterocycles. The molecular formula is C12H16BrN3O. The molecule has 0 radical (unpaired) electrons. The maximum Gasteiger partial charge on any atom is 0.124 e. The highest BCUT2D eigenvalue weighted by atomic mass is 79.9. The number of amidine groups is 1. The van der Waals surface area contributed by atoms with Gasteiger partial charge in [0.05, 0.1) is 12.7 Å². The Labute approximate surface area is 109 Å². The normalized spacial score (nSPS) is 20.4. The third-order valence-electron chi connectivity index (χ3n) is 2.83. The monoisotopic (exact) mass is 297 g/mol. The molecular weight excluding hydrogens is 282 g/mol. The van der Waals surface area contributed by atoms with Crippen molar-refractivity contribution in [3.63, 3.8) is 0 Å². The number of hydrogen-bond acceptors (Lipinski definition) is 3. The summed E-state index contributed by atoms with van der Waals surface area (Å²) in [5, 5.41) is 7.62. The number of nitrogens with one attached hydrogen (secondary N) is 1. The molecule has 0 amide bonds. The number of rotatable bonds is 2. The number of benzene rings is 1. The van der Waals surface area contributed by atoms with Crippen molar-refractivity contribution in [2.24, 2.45) is 5.73 Å². The Kier molecular flexibility index (Phi) is 3.69. The molecule has 0 spiro atoms.